The zero-order valence-electron chi connectivity index (χ0n) is 17.3. The highest BCUT2D eigenvalue weighted by Crippen LogP contribution is 2.28. The van der Waals surface area contributed by atoms with Gasteiger partial charge in [-0.05, 0) is 31.2 Å². The van der Waals surface area contributed by atoms with Gasteiger partial charge in [0.25, 0.3) is 5.91 Å². The molecule has 0 aromatic heterocycles. The van der Waals surface area contributed by atoms with Crippen molar-refractivity contribution in [2.24, 2.45) is 0 Å². The molecule has 162 valence electrons. The van der Waals surface area contributed by atoms with E-state index in [0.717, 1.165) is 5.56 Å². The first-order valence-corrected chi connectivity index (χ1v) is 11.0. The van der Waals surface area contributed by atoms with Crippen molar-refractivity contribution < 1.29 is 27.4 Å². The van der Waals surface area contributed by atoms with E-state index in [9.17, 15) is 13.2 Å². The maximum Gasteiger partial charge on any atom is 0.255 e. The van der Waals surface area contributed by atoms with E-state index in [1.54, 1.807) is 7.11 Å². The topological polar surface area (TPSA) is 94.2 Å². The molecule has 1 atom stereocenters. The molecule has 0 unspecified atom stereocenters. The Bertz CT molecular complexity index is 1000. The summed E-state index contributed by atoms with van der Waals surface area (Å²) in [6, 6.07) is 11.3. The zero-order valence-corrected chi connectivity index (χ0v) is 18.1. The molecule has 1 N–H and O–H groups in total. The first-order valence-electron chi connectivity index (χ1n) is 9.58. The Morgan fingerprint density at radius 3 is 2.40 bits per heavy atom. The Morgan fingerprint density at radius 2 is 1.73 bits per heavy atom. The number of nitrogens with one attached hydrogen (secondary N) is 1. The molecule has 1 amide bonds. The lowest BCUT2D eigenvalue weighted by Crippen LogP contribution is -2.40. The third-order valence-corrected chi connectivity index (χ3v) is 6.87. The monoisotopic (exact) mass is 434 g/mol. The Morgan fingerprint density at radius 1 is 1.07 bits per heavy atom. The molecule has 0 saturated carbocycles. The normalized spacial score (nSPS) is 16.0. The molecule has 1 fully saturated rings. The van der Waals surface area contributed by atoms with Gasteiger partial charge in [-0.2, -0.15) is 4.31 Å². The molecule has 1 saturated heterocycles. The van der Waals surface area contributed by atoms with E-state index in [1.807, 2.05) is 31.2 Å². The predicted molar refractivity (Wildman–Crippen MR) is 111 cm³/mol. The number of hydrogen-bond donors (Lipinski definition) is 1. The average molecular weight is 435 g/mol. The highest BCUT2D eigenvalue weighted by Gasteiger charge is 2.28. The number of carbonyl (C=O) groups is 1. The summed E-state index contributed by atoms with van der Waals surface area (Å²) in [6.07, 6.45) is 0. The summed E-state index contributed by atoms with van der Waals surface area (Å²) < 4.78 is 43.2. The molecule has 0 aliphatic carbocycles. The summed E-state index contributed by atoms with van der Waals surface area (Å²) >= 11 is 0. The number of hydrogen-bond acceptors (Lipinski definition) is 6. The second-order valence-corrected chi connectivity index (χ2v) is 8.75. The van der Waals surface area contributed by atoms with E-state index in [2.05, 4.69) is 5.32 Å². The number of sulfonamides is 1. The number of nitrogens with zero attached hydrogens (tertiary/aromatic N) is 1. The maximum atomic E-state index is 13.0. The summed E-state index contributed by atoms with van der Waals surface area (Å²) in [6.45, 7) is 3.08. The van der Waals surface area contributed by atoms with Gasteiger partial charge < -0.3 is 19.5 Å². The highest BCUT2D eigenvalue weighted by atomic mass is 32.2. The molecule has 0 radical (unpaired) electrons. The molecule has 9 heteroatoms. The first kappa shape index (κ1) is 22.1. The van der Waals surface area contributed by atoms with Gasteiger partial charge in [0.1, 0.15) is 11.5 Å². The van der Waals surface area contributed by atoms with Crippen LogP contribution in [0.1, 0.15) is 28.9 Å². The SMILES string of the molecule is COc1ccc(S(=O)(=O)N2CCOCC2)cc1C(=O)N[C@H](C)c1ccccc1OC. The van der Waals surface area contributed by atoms with Crippen LogP contribution in [0.15, 0.2) is 47.4 Å². The molecular formula is C21H26N2O6S. The van der Waals surface area contributed by atoms with E-state index < -0.39 is 15.9 Å². The van der Waals surface area contributed by atoms with Gasteiger partial charge in [-0.3, -0.25) is 4.79 Å². The van der Waals surface area contributed by atoms with Gasteiger partial charge in [0.15, 0.2) is 0 Å². The van der Waals surface area contributed by atoms with Crippen LogP contribution in [0, 0.1) is 0 Å². The lowest BCUT2D eigenvalue weighted by molar-refractivity contribution is 0.0730. The molecule has 2 aromatic carbocycles. The van der Waals surface area contributed by atoms with E-state index >= 15 is 0 Å². The van der Waals surface area contributed by atoms with Crippen molar-refractivity contribution in [1.29, 1.82) is 0 Å². The van der Waals surface area contributed by atoms with Crippen LogP contribution in [0.5, 0.6) is 11.5 Å². The van der Waals surface area contributed by atoms with Crippen molar-refractivity contribution in [2.45, 2.75) is 17.9 Å². The van der Waals surface area contributed by atoms with Gasteiger partial charge in [-0.15, -0.1) is 0 Å². The third-order valence-electron chi connectivity index (χ3n) is 4.98. The lowest BCUT2D eigenvalue weighted by Gasteiger charge is -2.26. The van der Waals surface area contributed by atoms with Gasteiger partial charge in [-0.1, -0.05) is 18.2 Å². The molecule has 1 aliphatic heterocycles. The second kappa shape index (κ2) is 9.46. The van der Waals surface area contributed by atoms with Gasteiger partial charge in [-0.25, -0.2) is 8.42 Å². The number of rotatable bonds is 7. The first-order chi connectivity index (χ1) is 14.4. The fourth-order valence-corrected chi connectivity index (χ4v) is 4.77. The van der Waals surface area contributed by atoms with Crippen LogP contribution in [0.2, 0.25) is 0 Å². The third kappa shape index (κ3) is 4.58. The average Bonchev–Trinajstić information content (AvgIpc) is 2.79. The van der Waals surface area contributed by atoms with E-state index in [-0.39, 0.29) is 29.6 Å². The molecule has 2 aromatic rings. The van der Waals surface area contributed by atoms with Crippen LogP contribution in [0.4, 0.5) is 0 Å². The molecule has 0 bridgehead atoms. The zero-order chi connectivity index (χ0) is 21.7. The molecule has 1 aliphatic rings. The lowest BCUT2D eigenvalue weighted by atomic mass is 10.1. The van der Waals surface area contributed by atoms with E-state index in [1.165, 1.54) is 29.6 Å². The van der Waals surface area contributed by atoms with Crippen molar-refractivity contribution in [3.05, 3.63) is 53.6 Å². The van der Waals surface area contributed by atoms with Crippen molar-refractivity contribution in [2.75, 3.05) is 40.5 Å². The molecule has 8 nitrogen and oxygen atoms in total. The summed E-state index contributed by atoms with van der Waals surface area (Å²) in [5, 5.41) is 2.89. The minimum Gasteiger partial charge on any atom is -0.496 e. The quantitative estimate of drug-likeness (QED) is 0.718. The number of morpholine rings is 1. The highest BCUT2D eigenvalue weighted by molar-refractivity contribution is 7.89. The van der Waals surface area contributed by atoms with Crippen LogP contribution < -0.4 is 14.8 Å². The van der Waals surface area contributed by atoms with Gasteiger partial charge in [0.05, 0.1) is 43.9 Å². The fourth-order valence-electron chi connectivity index (χ4n) is 3.34. The summed E-state index contributed by atoms with van der Waals surface area (Å²) in [4.78, 5) is 13.0. The van der Waals surface area contributed by atoms with Crippen LogP contribution in [0.25, 0.3) is 0 Å². The number of amides is 1. The Hall–Kier alpha value is -2.62. The summed E-state index contributed by atoms with van der Waals surface area (Å²) in [5.41, 5.74) is 0.956. The predicted octanol–water partition coefficient (Wildman–Crippen LogP) is 2.22. The van der Waals surface area contributed by atoms with Crippen molar-refractivity contribution >= 4 is 15.9 Å². The van der Waals surface area contributed by atoms with E-state index in [0.29, 0.717) is 24.7 Å². The number of para-hydroxylation sites is 1. The second-order valence-electron chi connectivity index (χ2n) is 6.82. The number of ether oxygens (including phenoxy) is 3. The minimum absolute atomic E-state index is 0.0419. The molecule has 1 heterocycles. The van der Waals surface area contributed by atoms with Crippen LogP contribution in [0.3, 0.4) is 0 Å². The summed E-state index contributed by atoms with van der Waals surface area (Å²) in [7, 11) is -0.734. The van der Waals surface area contributed by atoms with Gasteiger partial charge in [0.2, 0.25) is 10.0 Å². The number of carbonyl (C=O) groups excluding carboxylic acids is 1. The number of benzene rings is 2. The van der Waals surface area contributed by atoms with Crippen LogP contribution in [-0.2, 0) is 14.8 Å². The molecule has 0 spiro atoms. The maximum absolute atomic E-state index is 13.0. The number of methoxy groups -OCH3 is 2. The minimum atomic E-state index is -3.74. The largest absolute Gasteiger partial charge is 0.496 e. The molecular weight excluding hydrogens is 408 g/mol. The Balaban J connectivity index is 1.88. The summed E-state index contributed by atoms with van der Waals surface area (Å²) in [5.74, 6) is 0.505. The van der Waals surface area contributed by atoms with Crippen molar-refractivity contribution in [3.63, 3.8) is 0 Å². The van der Waals surface area contributed by atoms with Crippen LogP contribution >= 0.6 is 0 Å². The molecule has 30 heavy (non-hydrogen) atoms. The Kier molecular flexibility index (Phi) is 6.96. The van der Waals surface area contributed by atoms with Gasteiger partial charge in [0, 0.05) is 18.7 Å². The standard InChI is InChI=1S/C21H26N2O6S/c1-15(17-6-4-5-7-19(17)27-2)22-21(24)18-14-16(8-9-20(18)28-3)30(25,26)23-10-12-29-13-11-23/h4-9,14-15H,10-13H2,1-3H3,(H,22,24)/t15-/m1/s1. The Labute approximate surface area is 176 Å². The van der Waals surface area contributed by atoms with Crippen molar-refractivity contribution in [3.8, 4) is 11.5 Å². The smallest absolute Gasteiger partial charge is 0.255 e. The van der Waals surface area contributed by atoms with Gasteiger partial charge >= 0.3 is 0 Å². The van der Waals surface area contributed by atoms with E-state index in [4.69, 9.17) is 14.2 Å². The van der Waals surface area contributed by atoms with Crippen LogP contribution in [-0.4, -0.2) is 59.2 Å². The molecule has 3 rings (SSSR count). The van der Waals surface area contributed by atoms with Crippen molar-refractivity contribution in [1.82, 2.24) is 9.62 Å². The fraction of sp³-hybridized carbons (Fsp3) is 0.381.